The lowest BCUT2D eigenvalue weighted by Crippen LogP contribution is -2.15. The highest BCUT2D eigenvalue weighted by atomic mass is 32.2. The number of anilines is 3. The van der Waals surface area contributed by atoms with Gasteiger partial charge >= 0.3 is 0 Å². The summed E-state index contributed by atoms with van der Waals surface area (Å²) < 4.78 is 6.07. The molecule has 9 rings (SSSR count). The largest absolute Gasteiger partial charge is 0.456 e. The van der Waals surface area contributed by atoms with E-state index < -0.39 is 0 Å². The molecule has 1 aliphatic heterocycles. The quantitative estimate of drug-likeness (QED) is 0.202. The number of fused-ring (bicyclic) bond motifs is 5. The second kappa shape index (κ2) is 10.6. The fourth-order valence-electron chi connectivity index (χ4n) is 6.42. The maximum atomic E-state index is 6.07. The predicted molar refractivity (Wildman–Crippen MR) is 189 cm³/mol. The minimum Gasteiger partial charge on any atom is -0.456 e. The molecule has 2 nitrogen and oxygen atoms in total. The number of benzene rings is 7. The number of hydrogen-bond acceptors (Lipinski definition) is 3. The molecule has 1 aliphatic rings. The van der Waals surface area contributed by atoms with Crippen LogP contribution in [0.1, 0.15) is 0 Å². The summed E-state index contributed by atoms with van der Waals surface area (Å²) in [6.45, 7) is 0. The Bertz CT molecular complexity index is 2250. The average Bonchev–Trinajstić information content (AvgIpc) is 3.49. The van der Waals surface area contributed by atoms with Crippen LogP contribution in [0.2, 0.25) is 0 Å². The first kappa shape index (κ1) is 25.9. The van der Waals surface area contributed by atoms with Crippen molar-refractivity contribution < 1.29 is 4.42 Å². The van der Waals surface area contributed by atoms with E-state index in [9.17, 15) is 0 Å². The van der Waals surface area contributed by atoms with Crippen LogP contribution in [0.15, 0.2) is 178 Å². The van der Waals surface area contributed by atoms with E-state index in [1.807, 2.05) is 23.9 Å². The molecule has 2 heterocycles. The second-order valence-corrected chi connectivity index (χ2v) is 12.5. The maximum absolute atomic E-state index is 6.07. The van der Waals surface area contributed by atoms with E-state index in [0.29, 0.717) is 0 Å². The molecule has 0 amide bonds. The smallest absolute Gasteiger partial charge is 0.135 e. The first-order chi connectivity index (χ1) is 22.3. The van der Waals surface area contributed by atoms with Gasteiger partial charge in [0.1, 0.15) is 11.2 Å². The van der Waals surface area contributed by atoms with Crippen molar-refractivity contribution in [2.24, 2.45) is 0 Å². The van der Waals surface area contributed by atoms with Crippen LogP contribution in [-0.2, 0) is 0 Å². The van der Waals surface area contributed by atoms with Crippen molar-refractivity contribution in [1.29, 1.82) is 0 Å². The molecule has 0 aliphatic carbocycles. The minimum atomic E-state index is 0.917. The fourth-order valence-corrected chi connectivity index (χ4v) is 7.55. The van der Waals surface area contributed by atoms with Crippen molar-refractivity contribution in [2.75, 3.05) is 4.90 Å². The summed E-state index contributed by atoms with van der Waals surface area (Å²) in [5.41, 5.74) is 12.6. The van der Waals surface area contributed by atoms with Gasteiger partial charge in [-0.3, -0.25) is 0 Å². The standard InChI is InChI=1S/C42H27NOS/c1-3-9-28(10-4-1)32-17-22-37-41(26-32)45-42-27-33(29-11-5-2-6-12-29)18-23-38(42)43(37)34-20-15-30(16-21-34)31-19-24-40-36(25-31)35-13-7-8-14-39(35)44-40/h1-27H. The number of nitrogens with zero attached hydrogens (tertiary/aromatic N) is 1. The van der Waals surface area contributed by atoms with Gasteiger partial charge in [-0.25, -0.2) is 0 Å². The molecule has 7 aromatic carbocycles. The molecule has 0 saturated carbocycles. The molecule has 0 unspecified atom stereocenters. The van der Waals surface area contributed by atoms with Gasteiger partial charge in [0.2, 0.25) is 0 Å². The van der Waals surface area contributed by atoms with Gasteiger partial charge in [-0.15, -0.1) is 0 Å². The van der Waals surface area contributed by atoms with Crippen LogP contribution in [0.25, 0.3) is 55.3 Å². The van der Waals surface area contributed by atoms with E-state index in [4.69, 9.17) is 4.42 Å². The van der Waals surface area contributed by atoms with Gasteiger partial charge in [0.05, 0.1) is 11.4 Å². The molecule has 1 aromatic heterocycles. The molecule has 0 radical (unpaired) electrons. The Morgan fingerprint density at radius 3 is 1.51 bits per heavy atom. The molecule has 212 valence electrons. The Kier molecular flexibility index (Phi) is 6.10. The summed E-state index contributed by atoms with van der Waals surface area (Å²) in [5, 5.41) is 2.29. The summed E-state index contributed by atoms with van der Waals surface area (Å²) >= 11 is 1.85. The Hall–Kier alpha value is -5.51. The molecule has 0 N–H and O–H groups in total. The summed E-state index contributed by atoms with van der Waals surface area (Å²) in [6, 6.07) is 58.6. The van der Waals surface area contributed by atoms with E-state index in [2.05, 4.69) is 157 Å². The number of rotatable bonds is 4. The third kappa shape index (κ3) is 4.52. The Balaban J connectivity index is 1.14. The number of furan rings is 1. The summed E-state index contributed by atoms with van der Waals surface area (Å²) in [7, 11) is 0. The lowest BCUT2D eigenvalue weighted by molar-refractivity contribution is 0.669. The van der Waals surface area contributed by atoms with Gasteiger partial charge in [0.15, 0.2) is 0 Å². The lowest BCUT2D eigenvalue weighted by Gasteiger charge is -2.33. The third-order valence-electron chi connectivity index (χ3n) is 8.67. The van der Waals surface area contributed by atoms with Crippen molar-refractivity contribution in [1.82, 2.24) is 0 Å². The molecule has 0 fully saturated rings. The lowest BCUT2D eigenvalue weighted by atomic mass is 10.0. The van der Waals surface area contributed by atoms with E-state index in [0.717, 1.165) is 27.6 Å². The van der Waals surface area contributed by atoms with Crippen molar-refractivity contribution in [3.05, 3.63) is 164 Å². The number of para-hydroxylation sites is 1. The Morgan fingerprint density at radius 1 is 0.378 bits per heavy atom. The van der Waals surface area contributed by atoms with Gasteiger partial charge in [0, 0.05) is 26.3 Å². The molecular weight excluding hydrogens is 567 g/mol. The van der Waals surface area contributed by atoms with Gasteiger partial charge < -0.3 is 9.32 Å². The van der Waals surface area contributed by atoms with E-state index in [-0.39, 0.29) is 0 Å². The van der Waals surface area contributed by atoms with Crippen LogP contribution in [0, 0.1) is 0 Å². The van der Waals surface area contributed by atoms with Crippen molar-refractivity contribution in [2.45, 2.75) is 9.79 Å². The van der Waals surface area contributed by atoms with Crippen molar-refractivity contribution in [3.63, 3.8) is 0 Å². The Morgan fingerprint density at radius 2 is 0.867 bits per heavy atom. The monoisotopic (exact) mass is 593 g/mol. The van der Waals surface area contributed by atoms with Crippen LogP contribution < -0.4 is 4.90 Å². The fraction of sp³-hybridized carbons (Fsp3) is 0. The second-order valence-electron chi connectivity index (χ2n) is 11.4. The Labute approximate surface area is 266 Å². The third-order valence-corrected chi connectivity index (χ3v) is 9.76. The molecule has 45 heavy (non-hydrogen) atoms. The normalized spacial score (nSPS) is 12.3. The summed E-state index contributed by atoms with van der Waals surface area (Å²) in [5.74, 6) is 0. The molecule has 0 atom stereocenters. The first-order valence-corrected chi connectivity index (χ1v) is 16.0. The van der Waals surface area contributed by atoms with E-state index in [1.165, 1.54) is 54.5 Å². The maximum Gasteiger partial charge on any atom is 0.135 e. The van der Waals surface area contributed by atoms with Gasteiger partial charge in [-0.1, -0.05) is 121 Å². The zero-order valence-electron chi connectivity index (χ0n) is 24.4. The van der Waals surface area contributed by atoms with Crippen LogP contribution in [-0.4, -0.2) is 0 Å². The highest BCUT2D eigenvalue weighted by molar-refractivity contribution is 7.99. The van der Waals surface area contributed by atoms with Gasteiger partial charge in [-0.05, 0) is 88.0 Å². The van der Waals surface area contributed by atoms with Crippen LogP contribution in [0.3, 0.4) is 0 Å². The molecule has 0 spiro atoms. The highest BCUT2D eigenvalue weighted by Gasteiger charge is 2.26. The van der Waals surface area contributed by atoms with Gasteiger partial charge in [0.25, 0.3) is 0 Å². The zero-order chi connectivity index (χ0) is 29.7. The molecule has 3 heteroatoms. The average molecular weight is 594 g/mol. The SMILES string of the molecule is c1ccc(-c2ccc3c(c2)Sc2cc(-c4ccccc4)ccc2N3c2ccc(-c3ccc4oc5ccccc5c4c3)cc2)cc1. The number of hydrogen-bond donors (Lipinski definition) is 0. The highest BCUT2D eigenvalue weighted by Crippen LogP contribution is 2.53. The van der Waals surface area contributed by atoms with Crippen molar-refractivity contribution >= 4 is 50.8 Å². The van der Waals surface area contributed by atoms with Crippen LogP contribution in [0.4, 0.5) is 17.1 Å². The topological polar surface area (TPSA) is 16.4 Å². The first-order valence-electron chi connectivity index (χ1n) is 15.2. The zero-order valence-corrected chi connectivity index (χ0v) is 25.2. The summed E-state index contributed by atoms with van der Waals surface area (Å²) in [4.78, 5) is 4.90. The molecular formula is C42H27NOS. The predicted octanol–water partition coefficient (Wildman–Crippen LogP) is 12.5. The summed E-state index contributed by atoms with van der Waals surface area (Å²) in [6.07, 6.45) is 0. The van der Waals surface area contributed by atoms with E-state index in [1.54, 1.807) is 0 Å². The molecule has 8 aromatic rings. The molecule has 0 bridgehead atoms. The molecule has 0 saturated heterocycles. The van der Waals surface area contributed by atoms with Crippen LogP contribution in [0.5, 0.6) is 0 Å². The van der Waals surface area contributed by atoms with Crippen molar-refractivity contribution in [3.8, 4) is 33.4 Å². The van der Waals surface area contributed by atoms with E-state index >= 15 is 0 Å². The minimum absolute atomic E-state index is 0.917. The van der Waals surface area contributed by atoms with Gasteiger partial charge in [-0.2, -0.15) is 0 Å². The van der Waals surface area contributed by atoms with Crippen LogP contribution >= 0.6 is 11.8 Å².